The van der Waals surface area contributed by atoms with Gasteiger partial charge < -0.3 is 5.32 Å². The van der Waals surface area contributed by atoms with E-state index >= 15 is 0 Å². The summed E-state index contributed by atoms with van der Waals surface area (Å²) in [6.07, 6.45) is 2.66. The summed E-state index contributed by atoms with van der Waals surface area (Å²) in [5.74, 6) is -0.592. The van der Waals surface area contributed by atoms with Crippen molar-refractivity contribution in [2.75, 3.05) is 18.4 Å². The number of anilines is 1. The van der Waals surface area contributed by atoms with Crippen LogP contribution in [0.5, 0.6) is 0 Å². The van der Waals surface area contributed by atoms with Gasteiger partial charge in [0.1, 0.15) is 0 Å². The Morgan fingerprint density at radius 1 is 0.926 bits per heavy atom. The number of carbonyl (C=O) groups is 1. The van der Waals surface area contributed by atoms with Gasteiger partial charge in [-0.2, -0.15) is 4.31 Å². The van der Waals surface area contributed by atoms with Crippen LogP contribution in [0.3, 0.4) is 0 Å². The lowest BCUT2D eigenvalue weighted by atomic mass is 10.2. The van der Waals surface area contributed by atoms with Crippen molar-refractivity contribution in [1.29, 1.82) is 0 Å². The number of nitrogens with zero attached hydrogens (tertiary/aromatic N) is 1. The van der Waals surface area contributed by atoms with Gasteiger partial charge in [-0.1, -0.05) is 47.3 Å². The molecule has 0 spiro atoms. The molecule has 0 unspecified atom stereocenters. The van der Waals surface area contributed by atoms with Crippen LogP contribution in [0.1, 0.15) is 29.6 Å². The molecule has 0 bridgehead atoms. The molecular weight excluding hydrogens is 431 g/mol. The van der Waals surface area contributed by atoms with Crippen molar-refractivity contribution < 1.29 is 13.2 Å². The lowest BCUT2D eigenvalue weighted by molar-refractivity contribution is 0.102. The summed E-state index contributed by atoms with van der Waals surface area (Å²) in [6, 6.07) is 8.92. The lowest BCUT2D eigenvalue weighted by Crippen LogP contribution is -2.35. The number of rotatable bonds is 4. The fraction of sp³-hybridized carbons (Fsp3) is 0.278. The summed E-state index contributed by atoms with van der Waals surface area (Å²) in [4.78, 5) is 12.7. The van der Waals surface area contributed by atoms with Gasteiger partial charge in [0, 0.05) is 13.1 Å². The third-order valence-corrected chi connectivity index (χ3v) is 7.19. The number of para-hydroxylation sites is 1. The molecule has 9 heteroatoms. The van der Waals surface area contributed by atoms with E-state index in [2.05, 4.69) is 5.32 Å². The average molecular weight is 448 g/mol. The van der Waals surface area contributed by atoms with E-state index in [1.165, 1.54) is 22.5 Å². The quantitative estimate of drug-likeness (QED) is 0.711. The van der Waals surface area contributed by atoms with E-state index in [4.69, 9.17) is 34.8 Å². The minimum Gasteiger partial charge on any atom is -0.319 e. The summed E-state index contributed by atoms with van der Waals surface area (Å²) in [5.41, 5.74) is 0.275. The van der Waals surface area contributed by atoms with Crippen LogP contribution in [0.4, 0.5) is 5.69 Å². The summed E-state index contributed by atoms with van der Waals surface area (Å²) >= 11 is 18.3. The monoisotopic (exact) mass is 446 g/mol. The molecule has 0 aromatic heterocycles. The topological polar surface area (TPSA) is 66.5 Å². The van der Waals surface area contributed by atoms with Crippen molar-refractivity contribution in [1.82, 2.24) is 4.31 Å². The van der Waals surface area contributed by atoms with Crippen molar-refractivity contribution in [2.45, 2.75) is 24.2 Å². The van der Waals surface area contributed by atoms with Crippen LogP contribution in [0, 0.1) is 0 Å². The Morgan fingerprint density at radius 3 is 2.19 bits per heavy atom. The van der Waals surface area contributed by atoms with Crippen molar-refractivity contribution in [3.8, 4) is 0 Å². The number of halogens is 3. The number of hydrogen-bond donors (Lipinski definition) is 1. The Labute approximate surface area is 173 Å². The van der Waals surface area contributed by atoms with Crippen molar-refractivity contribution >= 4 is 56.4 Å². The molecule has 1 aliphatic heterocycles. The molecular formula is C18H17Cl3N2O3S. The van der Waals surface area contributed by atoms with Crippen molar-refractivity contribution in [3.05, 3.63) is 57.0 Å². The molecule has 1 amide bonds. The maximum atomic E-state index is 12.8. The van der Waals surface area contributed by atoms with Gasteiger partial charge in [0.2, 0.25) is 10.0 Å². The van der Waals surface area contributed by atoms with Gasteiger partial charge in [-0.05, 0) is 43.2 Å². The Kier molecular flexibility index (Phi) is 6.33. The highest BCUT2D eigenvalue weighted by molar-refractivity contribution is 7.89. The molecule has 1 aliphatic rings. The molecule has 2 aromatic rings. The SMILES string of the molecule is O=C(Nc1c(Cl)cccc1Cl)c1cc(S(=O)(=O)N2CCCCC2)ccc1Cl. The molecule has 1 fully saturated rings. The van der Waals surface area contributed by atoms with E-state index in [0.717, 1.165) is 19.3 Å². The predicted octanol–water partition coefficient (Wildman–Crippen LogP) is 5.07. The number of carbonyl (C=O) groups excluding carboxylic acids is 1. The second-order valence-corrected chi connectivity index (χ2v) is 9.32. The molecule has 144 valence electrons. The molecule has 5 nitrogen and oxygen atoms in total. The van der Waals surface area contributed by atoms with Gasteiger partial charge in [0.15, 0.2) is 0 Å². The van der Waals surface area contributed by atoms with E-state index in [0.29, 0.717) is 13.1 Å². The van der Waals surface area contributed by atoms with Crippen LogP contribution in [0.15, 0.2) is 41.3 Å². The van der Waals surface area contributed by atoms with Gasteiger partial charge in [0.25, 0.3) is 5.91 Å². The Balaban J connectivity index is 1.92. The number of piperidine rings is 1. The van der Waals surface area contributed by atoms with E-state index in [1.807, 2.05) is 0 Å². The zero-order chi connectivity index (χ0) is 19.6. The van der Waals surface area contributed by atoms with Crippen LogP contribution in [0.25, 0.3) is 0 Å². The lowest BCUT2D eigenvalue weighted by Gasteiger charge is -2.26. The second kappa shape index (κ2) is 8.37. The number of hydrogen-bond acceptors (Lipinski definition) is 3. The molecule has 0 atom stereocenters. The highest BCUT2D eigenvalue weighted by atomic mass is 35.5. The van der Waals surface area contributed by atoms with E-state index < -0.39 is 15.9 Å². The molecule has 0 radical (unpaired) electrons. The van der Waals surface area contributed by atoms with E-state index in [-0.39, 0.29) is 31.2 Å². The first kappa shape index (κ1) is 20.4. The van der Waals surface area contributed by atoms with Crippen LogP contribution >= 0.6 is 34.8 Å². The number of amides is 1. The number of nitrogens with one attached hydrogen (secondary N) is 1. The van der Waals surface area contributed by atoms with Crippen LogP contribution in [0.2, 0.25) is 15.1 Å². The maximum absolute atomic E-state index is 12.8. The number of sulfonamides is 1. The van der Waals surface area contributed by atoms with E-state index in [9.17, 15) is 13.2 Å². The normalized spacial score (nSPS) is 15.5. The first-order chi connectivity index (χ1) is 12.8. The summed E-state index contributed by atoms with van der Waals surface area (Å²) in [5, 5.41) is 3.27. The largest absolute Gasteiger partial charge is 0.319 e. The Morgan fingerprint density at radius 2 is 1.56 bits per heavy atom. The van der Waals surface area contributed by atoms with Gasteiger partial charge in [0.05, 0.1) is 31.2 Å². The zero-order valence-electron chi connectivity index (χ0n) is 14.2. The van der Waals surface area contributed by atoms with Gasteiger partial charge in [-0.25, -0.2) is 8.42 Å². The van der Waals surface area contributed by atoms with Crippen molar-refractivity contribution in [3.63, 3.8) is 0 Å². The highest BCUT2D eigenvalue weighted by Gasteiger charge is 2.27. The first-order valence-corrected chi connectivity index (χ1v) is 10.9. The van der Waals surface area contributed by atoms with Gasteiger partial charge in [-0.15, -0.1) is 0 Å². The fourth-order valence-electron chi connectivity index (χ4n) is 2.89. The summed E-state index contributed by atoms with van der Waals surface area (Å²) in [6.45, 7) is 0.948. The molecule has 2 aromatic carbocycles. The predicted molar refractivity (Wildman–Crippen MR) is 108 cm³/mol. The molecule has 1 heterocycles. The van der Waals surface area contributed by atoms with Crippen LogP contribution < -0.4 is 5.32 Å². The summed E-state index contributed by atoms with van der Waals surface area (Å²) < 4.78 is 27.1. The number of benzene rings is 2. The molecule has 0 saturated carbocycles. The second-order valence-electron chi connectivity index (χ2n) is 6.16. The molecule has 1 saturated heterocycles. The van der Waals surface area contributed by atoms with Gasteiger partial charge >= 0.3 is 0 Å². The fourth-order valence-corrected chi connectivity index (χ4v) is 5.13. The highest BCUT2D eigenvalue weighted by Crippen LogP contribution is 2.31. The third-order valence-electron chi connectivity index (χ3n) is 4.34. The molecule has 1 N–H and O–H groups in total. The molecule has 3 rings (SSSR count). The summed E-state index contributed by atoms with van der Waals surface area (Å²) in [7, 11) is -3.68. The smallest absolute Gasteiger partial charge is 0.257 e. The van der Waals surface area contributed by atoms with Crippen LogP contribution in [-0.4, -0.2) is 31.7 Å². The van der Waals surface area contributed by atoms with Crippen molar-refractivity contribution in [2.24, 2.45) is 0 Å². The zero-order valence-corrected chi connectivity index (χ0v) is 17.3. The Hall–Kier alpha value is -1.31. The first-order valence-electron chi connectivity index (χ1n) is 8.36. The Bertz CT molecular complexity index is 954. The maximum Gasteiger partial charge on any atom is 0.257 e. The molecule has 0 aliphatic carbocycles. The third kappa shape index (κ3) is 4.41. The minimum atomic E-state index is -3.68. The van der Waals surface area contributed by atoms with Crippen LogP contribution in [-0.2, 0) is 10.0 Å². The minimum absolute atomic E-state index is 0.0317. The van der Waals surface area contributed by atoms with Gasteiger partial charge in [-0.3, -0.25) is 4.79 Å². The molecule has 27 heavy (non-hydrogen) atoms. The average Bonchev–Trinajstić information content (AvgIpc) is 2.65. The van der Waals surface area contributed by atoms with E-state index in [1.54, 1.807) is 18.2 Å². The standard InChI is InChI=1S/C18H17Cl3N2O3S/c19-14-8-7-12(27(25,26)23-9-2-1-3-10-23)11-13(14)18(24)22-17-15(20)5-4-6-16(17)21/h4-8,11H,1-3,9-10H2,(H,22,24).